The van der Waals surface area contributed by atoms with Gasteiger partial charge in [-0.2, -0.15) is 23.4 Å². The predicted octanol–water partition coefficient (Wildman–Crippen LogP) is 6.11. The lowest BCUT2D eigenvalue weighted by Gasteiger charge is -2.07. The zero-order chi connectivity index (χ0) is 24.4. The minimum Gasteiger partial charge on any atom is -0.422 e. The van der Waals surface area contributed by atoms with Crippen LogP contribution < -0.4 is 11.1 Å². The van der Waals surface area contributed by atoms with Crippen molar-refractivity contribution >= 4 is 22.9 Å². The molecule has 0 radical (unpaired) electrons. The van der Waals surface area contributed by atoms with Crippen molar-refractivity contribution in [3.63, 3.8) is 0 Å². The largest absolute Gasteiger partial charge is 0.422 e. The fourth-order valence-electron chi connectivity index (χ4n) is 3.54. The number of benzene rings is 3. The molecule has 0 aliphatic rings. The lowest BCUT2D eigenvalue weighted by molar-refractivity contribution is -0.137. The molecule has 0 atom stereocenters. The molecule has 0 fully saturated rings. The second-order valence-electron chi connectivity index (χ2n) is 7.64. The molecule has 2 aromatic heterocycles. The number of alkyl halides is 3. The van der Waals surface area contributed by atoms with Crippen molar-refractivity contribution in [3.8, 4) is 16.9 Å². The van der Waals surface area contributed by atoms with Crippen molar-refractivity contribution in [1.29, 1.82) is 0 Å². The van der Waals surface area contributed by atoms with Gasteiger partial charge in [0, 0.05) is 17.1 Å². The van der Waals surface area contributed by atoms with Crippen molar-refractivity contribution in [1.82, 2.24) is 9.78 Å². The third kappa shape index (κ3) is 4.70. The van der Waals surface area contributed by atoms with Crippen molar-refractivity contribution in [2.24, 2.45) is 5.10 Å². The number of fused-ring (bicyclic) bond motifs is 1. The summed E-state index contributed by atoms with van der Waals surface area (Å²) in [4.78, 5) is 12.8. The highest BCUT2D eigenvalue weighted by molar-refractivity contribution is 5.91. The number of anilines is 1. The van der Waals surface area contributed by atoms with E-state index < -0.39 is 17.4 Å². The summed E-state index contributed by atoms with van der Waals surface area (Å²) in [5, 5.41) is 9.48. The van der Waals surface area contributed by atoms with Gasteiger partial charge in [-0.15, -0.1) is 0 Å². The van der Waals surface area contributed by atoms with Gasteiger partial charge in [-0.25, -0.2) is 9.48 Å². The van der Waals surface area contributed by atoms with Gasteiger partial charge in [0.05, 0.1) is 28.7 Å². The zero-order valence-electron chi connectivity index (χ0n) is 18.0. The molecule has 35 heavy (non-hydrogen) atoms. The molecule has 9 heteroatoms. The van der Waals surface area contributed by atoms with E-state index in [9.17, 15) is 18.0 Å². The van der Waals surface area contributed by atoms with Gasteiger partial charge in [-0.1, -0.05) is 36.4 Å². The quantitative estimate of drug-likeness (QED) is 0.190. The van der Waals surface area contributed by atoms with Crippen LogP contribution in [0.4, 0.5) is 18.9 Å². The van der Waals surface area contributed by atoms with Crippen LogP contribution in [0.3, 0.4) is 0 Å². The summed E-state index contributed by atoms with van der Waals surface area (Å²) in [6.07, 6.45) is -1.25. The van der Waals surface area contributed by atoms with Gasteiger partial charge in [0.25, 0.3) is 0 Å². The first-order valence-electron chi connectivity index (χ1n) is 10.5. The Balaban J connectivity index is 1.52. The first kappa shape index (κ1) is 22.1. The van der Waals surface area contributed by atoms with Crippen molar-refractivity contribution in [2.75, 3.05) is 5.43 Å². The monoisotopic (exact) mass is 474 g/mol. The molecule has 0 saturated carbocycles. The lowest BCUT2D eigenvalue weighted by atomic mass is 10.1. The van der Waals surface area contributed by atoms with Gasteiger partial charge in [0.1, 0.15) is 11.3 Å². The van der Waals surface area contributed by atoms with Crippen LogP contribution in [-0.4, -0.2) is 16.0 Å². The molecular formula is C26H17F3N4O2. The number of nitrogens with one attached hydrogen (secondary N) is 1. The zero-order valence-corrected chi connectivity index (χ0v) is 18.0. The molecule has 0 saturated heterocycles. The molecule has 0 aliphatic carbocycles. The molecule has 5 aromatic rings. The van der Waals surface area contributed by atoms with E-state index >= 15 is 0 Å². The maximum Gasteiger partial charge on any atom is 0.416 e. The Morgan fingerprint density at radius 2 is 1.66 bits per heavy atom. The Bertz CT molecular complexity index is 1570. The van der Waals surface area contributed by atoms with Crippen LogP contribution in [0.1, 0.15) is 11.1 Å². The van der Waals surface area contributed by atoms with Gasteiger partial charge in [-0.3, -0.25) is 5.43 Å². The highest BCUT2D eigenvalue weighted by atomic mass is 19.4. The van der Waals surface area contributed by atoms with Crippen LogP contribution in [-0.2, 0) is 6.18 Å². The molecule has 3 aromatic carbocycles. The first-order valence-corrected chi connectivity index (χ1v) is 10.5. The van der Waals surface area contributed by atoms with E-state index in [0.29, 0.717) is 22.5 Å². The second kappa shape index (κ2) is 8.94. The first-order chi connectivity index (χ1) is 16.9. The van der Waals surface area contributed by atoms with Crippen molar-refractivity contribution in [3.05, 3.63) is 113 Å². The minimum atomic E-state index is -4.41. The second-order valence-corrected chi connectivity index (χ2v) is 7.64. The molecule has 2 heterocycles. The SMILES string of the molecule is O=c1oc2ccccc2cc1-c1nn(-c2ccccc2)cc1/C=N/Nc1ccc(C(F)(F)F)cc1. The predicted molar refractivity (Wildman–Crippen MR) is 128 cm³/mol. The third-order valence-corrected chi connectivity index (χ3v) is 5.27. The molecule has 5 rings (SSSR count). The van der Waals surface area contributed by atoms with E-state index in [2.05, 4.69) is 15.6 Å². The third-order valence-electron chi connectivity index (χ3n) is 5.27. The smallest absolute Gasteiger partial charge is 0.416 e. The van der Waals surface area contributed by atoms with Gasteiger partial charge in [0.15, 0.2) is 0 Å². The van der Waals surface area contributed by atoms with E-state index in [-0.39, 0.29) is 5.56 Å². The number of hydrogen-bond acceptors (Lipinski definition) is 5. The molecule has 0 bridgehead atoms. The van der Waals surface area contributed by atoms with E-state index in [0.717, 1.165) is 23.2 Å². The summed E-state index contributed by atoms with van der Waals surface area (Å²) in [6, 6.07) is 22.7. The van der Waals surface area contributed by atoms with Gasteiger partial charge < -0.3 is 4.42 Å². The number of nitrogens with zero attached hydrogens (tertiary/aromatic N) is 3. The fraction of sp³-hybridized carbons (Fsp3) is 0.0385. The van der Waals surface area contributed by atoms with Gasteiger partial charge >= 0.3 is 11.8 Å². The Labute approximate surface area is 196 Å². The Hall–Kier alpha value is -4.66. The Morgan fingerprint density at radius 3 is 2.40 bits per heavy atom. The summed E-state index contributed by atoms with van der Waals surface area (Å²) in [5.74, 6) is 0. The Kier molecular flexibility index (Phi) is 5.66. The standard InChI is InChI=1S/C26H17F3N4O2/c27-26(28,29)19-10-12-20(13-11-19)31-30-15-18-16-33(21-7-2-1-3-8-21)32-24(18)22-14-17-6-4-5-9-23(17)35-25(22)34/h1-16,31H/b30-15+. The van der Waals surface area contributed by atoms with Crippen LogP contribution in [0, 0.1) is 0 Å². The summed E-state index contributed by atoms with van der Waals surface area (Å²) >= 11 is 0. The minimum absolute atomic E-state index is 0.259. The summed E-state index contributed by atoms with van der Waals surface area (Å²) in [5.41, 5.74) is 4.14. The lowest BCUT2D eigenvalue weighted by Crippen LogP contribution is -2.05. The van der Waals surface area contributed by atoms with Crippen molar-refractivity contribution < 1.29 is 17.6 Å². The number of hydrogen-bond donors (Lipinski definition) is 1. The molecule has 6 nitrogen and oxygen atoms in total. The number of aromatic nitrogens is 2. The van der Waals surface area contributed by atoms with E-state index in [1.54, 1.807) is 29.1 Å². The van der Waals surface area contributed by atoms with E-state index in [1.165, 1.54) is 18.3 Å². The van der Waals surface area contributed by atoms with Crippen LogP contribution in [0.2, 0.25) is 0 Å². The molecule has 0 amide bonds. The molecule has 0 aliphatic heterocycles. The number of para-hydroxylation sites is 2. The number of halogens is 3. The van der Waals surface area contributed by atoms with Crippen LogP contribution in [0.5, 0.6) is 0 Å². The van der Waals surface area contributed by atoms with Crippen LogP contribution in [0.25, 0.3) is 27.9 Å². The maximum atomic E-state index is 12.8. The average Bonchev–Trinajstić information content (AvgIpc) is 3.28. The molecule has 1 N–H and O–H groups in total. The van der Waals surface area contributed by atoms with Crippen LogP contribution >= 0.6 is 0 Å². The average molecular weight is 474 g/mol. The van der Waals surface area contributed by atoms with Gasteiger partial charge in [0.2, 0.25) is 0 Å². The summed E-state index contributed by atoms with van der Waals surface area (Å²) in [7, 11) is 0. The maximum absolute atomic E-state index is 12.8. The molecule has 0 unspecified atom stereocenters. The van der Waals surface area contributed by atoms with E-state index in [4.69, 9.17) is 4.42 Å². The molecule has 0 spiro atoms. The summed E-state index contributed by atoms with van der Waals surface area (Å²) in [6.45, 7) is 0. The molecular weight excluding hydrogens is 457 g/mol. The normalized spacial score (nSPS) is 11.9. The Morgan fingerprint density at radius 1 is 0.943 bits per heavy atom. The van der Waals surface area contributed by atoms with Crippen molar-refractivity contribution in [2.45, 2.75) is 6.18 Å². The molecule has 174 valence electrons. The van der Waals surface area contributed by atoms with Gasteiger partial charge in [-0.05, 0) is 48.5 Å². The summed E-state index contributed by atoms with van der Waals surface area (Å²) < 4.78 is 45.4. The fourth-order valence-corrected chi connectivity index (χ4v) is 3.54. The van der Waals surface area contributed by atoms with E-state index in [1.807, 2.05) is 42.5 Å². The number of hydrazone groups is 1. The van der Waals surface area contributed by atoms with Crippen LogP contribution in [0.15, 0.2) is 105 Å². The number of rotatable bonds is 5. The highest BCUT2D eigenvalue weighted by Gasteiger charge is 2.29. The highest BCUT2D eigenvalue weighted by Crippen LogP contribution is 2.30. The topological polar surface area (TPSA) is 72.4 Å².